The van der Waals surface area contributed by atoms with Crippen LogP contribution in [-0.4, -0.2) is 30.3 Å². The summed E-state index contributed by atoms with van der Waals surface area (Å²) in [7, 11) is 1.36. The van der Waals surface area contributed by atoms with E-state index >= 15 is 0 Å². The third-order valence-electron chi connectivity index (χ3n) is 3.53. The van der Waals surface area contributed by atoms with Crippen molar-refractivity contribution in [3.05, 3.63) is 35.4 Å². The van der Waals surface area contributed by atoms with Gasteiger partial charge in [0.1, 0.15) is 0 Å². The number of aliphatic hydroxyl groups excluding tert-OH is 1. The molecule has 0 amide bonds. The largest absolute Gasteiger partial charge is 0.469 e. The number of nitrogens with one attached hydrogen (secondary N) is 1. The Morgan fingerprint density at radius 1 is 1.35 bits per heavy atom. The second kappa shape index (κ2) is 8.02. The fourth-order valence-corrected chi connectivity index (χ4v) is 2.00. The second-order valence-corrected chi connectivity index (χ2v) is 5.22. The number of aliphatic hydroxyl groups is 1. The van der Waals surface area contributed by atoms with Crippen molar-refractivity contribution >= 4 is 5.97 Å². The molecule has 1 aromatic rings. The number of benzene rings is 1. The van der Waals surface area contributed by atoms with Crippen LogP contribution in [0.5, 0.6) is 0 Å². The number of hydrogen-bond acceptors (Lipinski definition) is 4. The van der Waals surface area contributed by atoms with Gasteiger partial charge in [0.2, 0.25) is 0 Å². The average molecular weight is 279 g/mol. The van der Waals surface area contributed by atoms with Crippen molar-refractivity contribution in [1.82, 2.24) is 5.32 Å². The Morgan fingerprint density at radius 3 is 2.45 bits per heavy atom. The van der Waals surface area contributed by atoms with Crippen molar-refractivity contribution in [3.63, 3.8) is 0 Å². The minimum Gasteiger partial charge on any atom is -0.469 e. The van der Waals surface area contributed by atoms with E-state index < -0.39 is 6.10 Å². The summed E-state index contributed by atoms with van der Waals surface area (Å²) in [4.78, 5) is 11.5. The van der Waals surface area contributed by atoms with Crippen LogP contribution in [-0.2, 0) is 9.53 Å². The van der Waals surface area contributed by atoms with E-state index in [0.29, 0.717) is 0 Å². The predicted octanol–water partition coefficient (Wildman–Crippen LogP) is 2.35. The minimum absolute atomic E-state index is 0.149. The Bertz CT molecular complexity index is 416. The van der Waals surface area contributed by atoms with Crippen LogP contribution < -0.4 is 5.32 Å². The number of ether oxygens (including phenoxy) is 1. The molecule has 0 saturated heterocycles. The standard InChI is InChI=1S/C16H25NO3/c1-5-12(3)17-14(10-15(18)20-4)16(19)13-8-6-11(2)7-9-13/h6-9,12,14,16-17,19H,5,10H2,1-4H3. The van der Waals surface area contributed by atoms with Crippen LogP contribution in [0.3, 0.4) is 0 Å². The van der Waals surface area contributed by atoms with E-state index in [4.69, 9.17) is 4.74 Å². The number of methoxy groups -OCH3 is 1. The number of rotatable bonds is 7. The van der Waals surface area contributed by atoms with Crippen LogP contribution >= 0.6 is 0 Å². The van der Waals surface area contributed by atoms with Gasteiger partial charge in [-0.1, -0.05) is 36.8 Å². The molecule has 2 N–H and O–H groups in total. The molecule has 3 unspecified atom stereocenters. The molecule has 4 heteroatoms. The van der Waals surface area contributed by atoms with E-state index in [0.717, 1.165) is 17.5 Å². The SMILES string of the molecule is CCC(C)NC(CC(=O)OC)C(O)c1ccc(C)cc1. The van der Waals surface area contributed by atoms with Crippen molar-refractivity contribution in [3.8, 4) is 0 Å². The van der Waals surface area contributed by atoms with Crippen LogP contribution in [0.2, 0.25) is 0 Å². The topological polar surface area (TPSA) is 58.6 Å². The van der Waals surface area contributed by atoms with Gasteiger partial charge in [0, 0.05) is 12.1 Å². The van der Waals surface area contributed by atoms with E-state index in [1.165, 1.54) is 7.11 Å². The number of esters is 1. The Morgan fingerprint density at radius 2 is 1.95 bits per heavy atom. The van der Waals surface area contributed by atoms with Crippen LogP contribution in [0.4, 0.5) is 0 Å². The molecule has 0 aliphatic heterocycles. The lowest BCUT2D eigenvalue weighted by Gasteiger charge is -2.26. The molecule has 0 bridgehead atoms. The van der Waals surface area contributed by atoms with Crippen molar-refractivity contribution in [2.45, 2.75) is 51.8 Å². The first-order valence-electron chi connectivity index (χ1n) is 7.05. The van der Waals surface area contributed by atoms with E-state index in [9.17, 15) is 9.90 Å². The molecule has 0 saturated carbocycles. The van der Waals surface area contributed by atoms with Gasteiger partial charge in [-0.15, -0.1) is 0 Å². The molecule has 1 aromatic carbocycles. The van der Waals surface area contributed by atoms with Gasteiger partial charge in [0.25, 0.3) is 0 Å². The van der Waals surface area contributed by atoms with Crippen molar-refractivity contribution in [2.24, 2.45) is 0 Å². The van der Waals surface area contributed by atoms with Gasteiger partial charge in [-0.25, -0.2) is 0 Å². The Balaban J connectivity index is 2.84. The number of carbonyl (C=O) groups excluding carboxylic acids is 1. The second-order valence-electron chi connectivity index (χ2n) is 5.22. The van der Waals surface area contributed by atoms with Gasteiger partial charge in [0.15, 0.2) is 0 Å². The average Bonchev–Trinajstić information content (AvgIpc) is 2.46. The normalized spacial score (nSPS) is 15.4. The maximum atomic E-state index is 11.5. The first-order valence-corrected chi connectivity index (χ1v) is 7.05. The molecule has 20 heavy (non-hydrogen) atoms. The molecule has 0 radical (unpaired) electrons. The van der Waals surface area contributed by atoms with Crippen LogP contribution in [0.15, 0.2) is 24.3 Å². The first kappa shape index (κ1) is 16.7. The van der Waals surface area contributed by atoms with Crippen LogP contribution in [0, 0.1) is 6.92 Å². The summed E-state index contributed by atoms with van der Waals surface area (Å²) in [6.45, 7) is 6.09. The number of carbonyl (C=O) groups is 1. The number of aryl methyl sites for hydroxylation is 1. The first-order chi connectivity index (χ1) is 9.47. The van der Waals surface area contributed by atoms with Gasteiger partial charge in [0.05, 0.1) is 19.6 Å². The molecule has 0 spiro atoms. The molecule has 0 heterocycles. The highest BCUT2D eigenvalue weighted by atomic mass is 16.5. The lowest BCUT2D eigenvalue weighted by atomic mass is 9.98. The molecule has 0 aliphatic rings. The molecule has 3 atom stereocenters. The molecule has 112 valence electrons. The molecule has 0 aliphatic carbocycles. The Labute approximate surface area is 121 Å². The molecule has 0 fully saturated rings. The Kier molecular flexibility index (Phi) is 6.68. The summed E-state index contributed by atoms with van der Waals surface area (Å²) in [6.07, 6.45) is 0.345. The maximum absolute atomic E-state index is 11.5. The minimum atomic E-state index is -0.733. The zero-order valence-electron chi connectivity index (χ0n) is 12.7. The van der Waals surface area contributed by atoms with E-state index in [1.807, 2.05) is 38.1 Å². The van der Waals surface area contributed by atoms with Gasteiger partial charge in [-0.05, 0) is 25.8 Å². The van der Waals surface area contributed by atoms with Gasteiger partial charge >= 0.3 is 5.97 Å². The van der Waals surface area contributed by atoms with Gasteiger partial charge in [-0.3, -0.25) is 4.79 Å². The highest BCUT2D eigenvalue weighted by Crippen LogP contribution is 2.20. The third-order valence-corrected chi connectivity index (χ3v) is 3.53. The zero-order valence-corrected chi connectivity index (χ0v) is 12.7. The number of hydrogen-bond donors (Lipinski definition) is 2. The van der Waals surface area contributed by atoms with Crippen molar-refractivity contribution < 1.29 is 14.6 Å². The third kappa shape index (κ3) is 4.94. The monoisotopic (exact) mass is 279 g/mol. The highest BCUT2D eigenvalue weighted by molar-refractivity contribution is 5.70. The van der Waals surface area contributed by atoms with E-state index in [2.05, 4.69) is 12.2 Å². The summed E-state index contributed by atoms with van der Waals surface area (Å²) in [6, 6.07) is 7.57. The molecule has 0 aromatic heterocycles. The fourth-order valence-electron chi connectivity index (χ4n) is 2.00. The van der Waals surface area contributed by atoms with E-state index in [1.54, 1.807) is 0 Å². The molecule has 4 nitrogen and oxygen atoms in total. The highest BCUT2D eigenvalue weighted by Gasteiger charge is 2.25. The van der Waals surface area contributed by atoms with Crippen LogP contribution in [0.1, 0.15) is 43.9 Å². The quantitative estimate of drug-likeness (QED) is 0.752. The van der Waals surface area contributed by atoms with Gasteiger partial charge < -0.3 is 15.2 Å². The smallest absolute Gasteiger partial charge is 0.307 e. The lowest BCUT2D eigenvalue weighted by molar-refractivity contribution is -0.142. The molecular weight excluding hydrogens is 254 g/mol. The summed E-state index contributed by atoms with van der Waals surface area (Å²) in [5, 5.41) is 13.8. The van der Waals surface area contributed by atoms with Crippen LogP contribution in [0.25, 0.3) is 0 Å². The molecule has 1 rings (SSSR count). The summed E-state index contributed by atoms with van der Waals surface area (Å²) in [5.41, 5.74) is 1.95. The Hall–Kier alpha value is -1.39. The maximum Gasteiger partial charge on any atom is 0.307 e. The zero-order chi connectivity index (χ0) is 15.1. The van der Waals surface area contributed by atoms with Crippen molar-refractivity contribution in [1.29, 1.82) is 0 Å². The van der Waals surface area contributed by atoms with Gasteiger partial charge in [-0.2, -0.15) is 0 Å². The summed E-state index contributed by atoms with van der Waals surface area (Å²) in [5.74, 6) is -0.322. The summed E-state index contributed by atoms with van der Waals surface area (Å²) >= 11 is 0. The van der Waals surface area contributed by atoms with Crippen molar-refractivity contribution in [2.75, 3.05) is 7.11 Å². The summed E-state index contributed by atoms with van der Waals surface area (Å²) < 4.78 is 4.71. The predicted molar refractivity (Wildman–Crippen MR) is 79.4 cm³/mol. The van der Waals surface area contributed by atoms with E-state index in [-0.39, 0.29) is 24.5 Å². The molecular formula is C16H25NO3. The fraction of sp³-hybridized carbons (Fsp3) is 0.562. The lowest BCUT2D eigenvalue weighted by Crippen LogP contribution is -2.42.